The molecule has 2 rings (SSSR count). The van der Waals surface area contributed by atoms with E-state index in [1.807, 2.05) is 33.9 Å². The number of anilines is 1. The number of aryl methyl sites for hydroxylation is 1. The number of rotatable bonds is 9. The van der Waals surface area contributed by atoms with E-state index in [0.717, 1.165) is 25.2 Å². The average Bonchev–Trinajstić information content (AvgIpc) is 2.96. The van der Waals surface area contributed by atoms with E-state index in [0.29, 0.717) is 6.04 Å². The molecule has 2 aromatic rings. The van der Waals surface area contributed by atoms with Crippen molar-refractivity contribution < 1.29 is 0 Å². The Balaban J connectivity index is -0.000000361. The monoisotopic (exact) mass is 559 g/mol. The Morgan fingerprint density at radius 2 is 1.30 bits per heavy atom. The van der Waals surface area contributed by atoms with Crippen LogP contribution >= 0.6 is 0 Å². The third-order valence-electron chi connectivity index (χ3n) is 5.29. The largest absolute Gasteiger partial charge is 0.372 e. The predicted octanol–water partition coefficient (Wildman–Crippen LogP) is 10.7. The Morgan fingerprint density at radius 3 is 1.68 bits per heavy atom. The molecule has 4 N–H and O–H groups in total. The maximum atomic E-state index is 5.11. The van der Waals surface area contributed by atoms with Crippen LogP contribution in [-0.2, 0) is 0 Å². The Labute approximate surface area is 252 Å². The first-order chi connectivity index (χ1) is 19.2. The summed E-state index contributed by atoms with van der Waals surface area (Å²) in [5.41, 5.74) is 17.1. The van der Waals surface area contributed by atoms with Crippen molar-refractivity contribution in [1.82, 2.24) is 4.98 Å². The smallest absolute Gasteiger partial charge is 0.0776 e. The number of hydrogen-bond acceptors (Lipinski definition) is 4. The maximum absolute atomic E-state index is 5.11. The summed E-state index contributed by atoms with van der Waals surface area (Å²) in [7, 11) is 1.50. The zero-order valence-corrected chi connectivity index (χ0v) is 29.3. The van der Waals surface area contributed by atoms with E-state index in [4.69, 9.17) is 10.7 Å². The van der Waals surface area contributed by atoms with Crippen LogP contribution in [0.3, 0.4) is 0 Å². The van der Waals surface area contributed by atoms with E-state index < -0.39 is 0 Å². The number of aromatic nitrogens is 1. The van der Waals surface area contributed by atoms with E-state index in [1.165, 1.54) is 67.1 Å². The number of hydrogen-bond donors (Lipinski definition) is 2. The summed E-state index contributed by atoms with van der Waals surface area (Å²) in [6.07, 6.45) is 11.8. The second-order valence-electron chi connectivity index (χ2n) is 9.65. The lowest BCUT2D eigenvalue weighted by Crippen LogP contribution is -2.21. The highest BCUT2D eigenvalue weighted by Gasteiger charge is 2.09. The molecule has 0 atom stereocenters. The summed E-state index contributed by atoms with van der Waals surface area (Å²) in [6.45, 7) is 29.6. The van der Waals surface area contributed by atoms with Gasteiger partial charge in [0.2, 0.25) is 0 Å². The Hall–Kier alpha value is -2.17. The molecule has 234 valence electrons. The van der Waals surface area contributed by atoms with Gasteiger partial charge in [0.05, 0.1) is 5.69 Å². The van der Waals surface area contributed by atoms with Crippen LogP contribution in [0, 0.1) is 6.92 Å². The van der Waals surface area contributed by atoms with Gasteiger partial charge in [0.15, 0.2) is 0 Å². The van der Waals surface area contributed by atoms with E-state index in [1.54, 1.807) is 0 Å². The highest BCUT2D eigenvalue weighted by molar-refractivity contribution is 5.75. The molecule has 1 aromatic heterocycles. The van der Waals surface area contributed by atoms with Crippen molar-refractivity contribution in [3.05, 3.63) is 53.2 Å². The summed E-state index contributed by atoms with van der Waals surface area (Å²) in [6, 6.07) is 11.3. The van der Waals surface area contributed by atoms with Gasteiger partial charge in [-0.15, -0.1) is 0 Å². The van der Waals surface area contributed by atoms with Crippen LogP contribution in [0.1, 0.15) is 133 Å². The van der Waals surface area contributed by atoms with E-state index >= 15 is 0 Å². The maximum Gasteiger partial charge on any atom is 0.0776 e. The second kappa shape index (κ2) is 33.0. The average molecular weight is 559 g/mol. The van der Waals surface area contributed by atoms with Gasteiger partial charge in [-0.25, -0.2) is 0 Å². The number of nitrogens with two attached hydrogens (primary N) is 2. The topological polar surface area (TPSA) is 68.2 Å². The first kappa shape index (κ1) is 44.8. The summed E-state index contributed by atoms with van der Waals surface area (Å²) in [5, 5.41) is 0. The molecule has 40 heavy (non-hydrogen) atoms. The van der Waals surface area contributed by atoms with Crippen LogP contribution in [0.2, 0.25) is 0 Å². The highest BCUT2D eigenvalue weighted by atomic mass is 15.1. The summed E-state index contributed by atoms with van der Waals surface area (Å²) in [4.78, 5) is 7.06. The fourth-order valence-corrected chi connectivity index (χ4v) is 3.17. The molecule has 0 unspecified atom stereocenters. The van der Waals surface area contributed by atoms with Gasteiger partial charge < -0.3 is 16.4 Å². The molecule has 0 amide bonds. The molecule has 0 aliphatic carbocycles. The minimum Gasteiger partial charge on any atom is -0.372 e. The Morgan fingerprint density at radius 1 is 0.850 bits per heavy atom. The summed E-state index contributed by atoms with van der Waals surface area (Å²) in [5.74, 6) is 0. The summed E-state index contributed by atoms with van der Waals surface area (Å²) < 4.78 is 0. The molecule has 1 aromatic carbocycles. The molecule has 4 nitrogen and oxygen atoms in total. The van der Waals surface area contributed by atoms with Crippen molar-refractivity contribution in [2.24, 2.45) is 11.5 Å². The van der Waals surface area contributed by atoms with Gasteiger partial charge in [-0.3, -0.25) is 4.98 Å². The Bertz CT molecular complexity index is 786. The van der Waals surface area contributed by atoms with E-state index in [9.17, 15) is 0 Å². The van der Waals surface area contributed by atoms with Crippen molar-refractivity contribution in [3.8, 4) is 11.3 Å². The lowest BCUT2D eigenvalue weighted by atomic mass is 9.98. The van der Waals surface area contributed by atoms with E-state index in [2.05, 4.69) is 109 Å². The zero-order valence-electron chi connectivity index (χ0n) is 29.3. The number of unbranched alkanes of at least 4 members (excludes halogenated alkanes) is 2. The first-order valence-electron chi connectivity index (χ1n) is 16.0. The molecule has 0 radical (unpaired) electrons. The normalized spacial score (nSPS) is 9.68. The molecule has 0 saturated heterocycles. The number of nitrogens with zero attached hydrogens (tertiary/aromatic N) is 2. The van der Waals surface area contributed by atoms with Gasteiger partial charge in [-0.1, -0.05) is 112 Å². The summed E-state index contributed by atoms with van der Waals surface area (Å²) >= 11 is 0. The molecule has 0 saturated carbocycles. The Kier molecular flexibility index (Phi) is 37.0. The van der Waals surface area contributed by atoms with Crippen molar-refractivity contribution >= 4 is 11.8 Å². The molecule has 0 fully saturated rings. The van der Waals surface area contributed by atoms with Crippen molar-refractivity contribution in [2.45, 2.75) is 135 Å². The predicted molar refractivity (Wildman–Crippen MR) is 188 cm³/mol. The van der Waals surface area contributed by atoms with Crippen LogP contribution < -0.4 is 16.4 Å². The van der Waals surface area contributed by atoms with Crippen molar-refractivity contribution in [3.63, 3.8) is 0 Å². The SMILES string of the molecule is CC.CC(C)N.CCC.CCCC.CCCC/C(C)=C/c1c(C)ccnc1-c1ccc(N(CC)CC)cc1.CN. The fraction of sp³-hybridized carbons (Fsp3) is 0.639. The molecule has 0 aliphatic rings. The van der Waals surface area contributed by atoms with E-state index in [-0.39, 0.29) is 0 Å². The number of allylic oxidation sites excluding steroid dienone is 1. The van der Waals surface area contributed by atoms with Crippen LogP contribution in [0.4, 0.5) is 5.69 Å². The minimum atomic E-state index is 0.333. The van der Waals surface area contributed by atoms with Crippen LogP contribution in [0.15, 0.2) is 42.1 Å². The van der Waals surface area contributed by atoms with Crippen LogP contribution in [-0.4, -0.2) is 31.2 Å². The zero-order chi connectivity index (χ0) is 31.9. The number of pyridine rings is 1. The van der Waals surface area contributed by atoms with Crippen LogP contribution in [0.25, 0.3) is 17.3 Å². The first-order valence-corrected chi connectivity index (χ1v) is 16.0. The minimum absolute atomic E-state index is 0.333. The van der Waals surface area contributed by atoms with Gasteiger partial charge in [0.1, 0.15) is 0 Å². The van der Waals surface area contributed by atoms with Gasteiger partial charge in [-0.2, -0.15) is 0 Å². The van der Waals surface area contributed by atoms with Crippen molar-refractivity contribution in [1.29, 1.82) is 0 Å². The van der Waals surface area contributed by atoms with Gasteiger partial charge in [0, 0.05) is 36.1 Å². The van der Waals surface area contributed by atoms with Gasteiger partial charge >= 0.3 is 0 Å². The molecule has 4 heteroatoms. The number of benzene rings is 1. The lowest BCUT2D eigenvalue weighted by Gasteiger charge is -2.21. The van der Waals surface area contributed by atoms with Crippen molar-refractivity contribution in [2.75, 3.05) is 25.0 Å². The third kappa shape index (κ3) is 23.7. The molecular weight excluding hydrogens is 488 g/mol. The molecule has 1 heterocycles. The standard InChI is InChI=1S/C23H32N2.C4H10.C3H9N.C3H8.C2H6.CH5N/c1-6-9-10-18(4)17-22-19(5)15-16-24-23(22)20-11-13-21(14-12-20)25(7-2)8-3;1-3-4-2;1-3(2)4;1-3-2;2*1-2/h11-17H,6-10H2,1-5H3;3-4H2,1-2H3;3H,4H2,1-2H3;3H2,1-2H3;1-2H3;2H2,1H3/b18-17+;;;;;. The quantitative estimate of drug-likeness (QED) is 0.321. The highest BCUT2D eigenvalue weighted by Crippen LogP contribution is 2.28. The van der Waals surface area contributed by atoms with Gasteiger partial charge in [-0.05, 0) is 77.4 Å². The lowest BCUT2D eigenvalue weighted by molar-refractivity contribution is 0.790. The molecular formula is C36H70N4. The molecule has 0 spiro atoms. The second-order valence-corrected chi connectivity index (χ2v) is 9.65. The van der Waals surface area contributed by atoms with Gasteiger partial charge in [0.25, 0.3) is 0 Å². The van der Waals surface area contributed by atoms with Crippen LogP contribution in [0.5, 0.6) is 0 Å². The fourth-order valence-electron chi connectivity index (χ4n) is 3.17. The molecule has 0 aliphatic heterocycles. The third-order valence-corrected chi connectivity index (χ3v) is 5.29. The molecule has 0 bridgehead atoms.